The molecule has 1 aromatic heterocycles. The third-order valence-electron chi connectivity index (χ3n) is 2.42. The van der Waals surface area contributed by atoms with Gasteiger partial charge in [-0.05, 0) is 12.5 Å². The van der Waals surface area contributed by atoms with Gasteiger partial charge in [-0.3, -0.25) is 19.9 Å². The molecule has 0 spiro atoms. The zero-order valence-corrected chi connectivity index (χ0v) is 8.51. The number of nitrogens with zero attached hydrogens (tertiary/aromatic N) is 2. The maximum Gasteiger partial charge on any atom is 0.277 e. The summed E-state index contributed by atoms with van der Waals surface area (Å²) in [5.74, 6) is 0. The second-order valence-electron chi connectivity index (χ2n) is 3.40. The molecule has 0 aliphatic heterocycles. The molecule has 5 heteroatoms. The van der Waals surface area contributed by atoms with Gasteiger partial charge in [0.05, 0.1) is 10.3 Å². The van der Waals surface area contributed by atoms with Gasteiger partial charge in [0.25, 0.3) is 5.69 Å². The first-order valence-corrected chi connectivity index (χ1v) is 4.63. The Kier molecular flexibility index (Phi) is 2.36. The first-order chi connectivity index (χ1) is 7.65. The third kappa shape index (κ3) is 1.42. The summed E-state index contributed by atoms with van der Waals surface area (Å²) < 4.78 is 0. The summed E-state index contributed by atoms with van der Waals surface area (Å²) in [6.07, 6.45) is 2.07. The molecule has 1 heterocycles. The Bertz CT molecular complexity index is 593. The number of hydrogen-bond acceptors (Lipinski definition) is 4. The number of rotatable bonds is 2. The molecule has 80 valence electrons. The molecule has 0 unspecified atom stereocenters. The first kappa shape index (κ1) is 10.2. The van der Waals surface area contributed by atoms with Crippen LogP contribution in [0.2, 0.25) is 0 Å². The molecule has 0 N–H and O–H groups in total. The maximum atomic E-state index is 10.9. The van der Waals surface area contributed by atoms with Crippen LogP contribution < -0.4 is 0 Å². The van der Waals surface area contributed by atoms with Gasteiger partial charge in [-0.1, -0.05) is 12.1 Å². The van der Waals surface area contributed by atoms with E-state index in [1.807, 2.05) is 0 Å². The third-order valence-corrected chi connectivity index (χ3v) is 2.42. The van der Waals surface area contributed by atoms with Gasteiger partial charge in [-0.15, -0.1) is 0 Å². The number of aromatic nitrogens is 1. The van der Waals surface area contributed by atoms with Crippen molar-refractivity contribution in [1.29, 1.82) is 0 Å². The molecule has 0 radical (unpaired) electrons. The van der Waals surface area contributed by atoms with Crippen LogP contribution in [0.1, 0.15) is 16.1 Å². The molecule has 0 amide bonds. The van der Waals surface area contributed by atoms with Gasteiger partial charge in [-0.2, -0.15) is 0 Å². The standard InChI is InChI=1S/C11H8N2O3/c1-7-5-12-9(6-14)8-3-2-4-10(11(7)8)13(15)16/h2-6H,1H3. The number of aryl methyl sites for hydroxylation is 1. The molecule has 1 aromatic carbocycles. The average Bonchev–Trinajstić information content (AvgIpc) is 2.29. The van der Waals surface area contributed by atoms with Gasteiger partial charge < -0.3 is 0 Å². The van der Waals surface area contributed by atoms with E-state index in [0.29, 0.717) is 22.6 Å². The van der Waals surface area contributed by atoms with Crippen LogP contribution in [0.3, 0.4) is 0 Å². The number of nitro groups is 1. The van der Waals surface area contributed by atoms with Crippen LogP contribution in [-0.4, -0.2) is 16.2 Å². The van der Waals surface area contributed by atoms with E-state index < -0.39 is 4.92 Å². The monoisotopic (exact) mass is 216 g/mol. The van der Waals surface area contributed by atoms with E-state index in [2.05, 4.69) is 4.98 Å². The van der Waals surface area contributed by atoms with E-state index in [1.165, 1.54) is 12.3 Å². The predicted molar refractivity (Wildman–Crippen MR) is 58.5 cm³/mol. The van der Waals surface area contributed by atoms with Crippen LogP contribution in [0.4, 0.5) is 5.69 Å². The second kappa shape index (κ2) is 3.69. The van der Waals surface area contributed by atoms with Crippen LogP contribution in [0.25, 0.3) is 10.8 Å². The largest absolute Gasteiger partial charge is 0.296 e. The Labute approximate surface area is 90.9 Å². The summed E-state index contributed by atoms with van der Waals surface area (Å²) in [6.45, 7) is 1.73. The van der Waals surface area contributed by atoms with Gasteiger partial charge in [0.1, 0.15) is 5.69 Å². The van der Waals surface area contributed by atoms with Crippen molar-refractivity contribution in [1.82, 2.24) is 4.98 Å². The molecular weight excluding hydrogens is 208 g/mol. The van der Waals surface area contributed by atoms with Crippen molar-refractivity contribution in [3.8, 4) is 0 Å². The fourth-order valence-corrected chi connectivity index (χ4v) is 1.71. The van der Waals surface area contributed by atoms with E-state index >= 15 is 0 Å². The van der Waals surface area contributed by atoms with E-state index in [4.69, 9.17) is 0 Å². The lowest BCUT2D eigenvalue weighted by atomic mass is 10.0. The average molecular weight is 216 g/mol. The number of carbonyl (C=O) groups excluding carboxylic acids is 1. The lowest BCUT2D eigenvalue weighted by molar-refractivity contribution is -0.383. The Morgan fingerprint density at radius 3 is 2.81 bits per heavy atom. The molecule has 5 nitrogen and oxygen atoms in total. The number of pyridine rings is 1. The topological polar surface area (TPSA) is 73.1 Å². The van der Waals surface area contributed by atoms with Crippen molar-refractivity contribution in [3.63, 3.8) is 0 Å². The second-order valence-corrected chi connectivity index (χ2v) is 3.40. The molecule has 2 aromatic rings. The smallest absolute Gasteiger partial charge is 0.277 e. The minimum atomic E-state index is -0.454. The van der Waals surface area contributed by atoms with Crippen LogP contribution in [0.5, 0.6) is 0 Å². The van der Waals surface area contributed by atoms with Crippen molar-refractivity contribution >= 4 is 22.7 Å². The van der Waals surface area contributed by atoms with Crippen LogP contribution in [-0.2, 0) is 0 Å². The molecule has 0 atom stereocenters. The number of benzene rings is 1. The van der Waals surface area contributed by atoms with Crippen LogP contribution in [0, 0.1) is 17.0 Å². The number of carbonyl (C=O) groups is 1. The molecule has 0 aliphatic carbocycles. The highest BCUT2D eigenvalue weighted by atomic mass is 16.6. The summed E-state index contributed by atoms with van der Waals surface area (Å²) in [4.78, 5) is 25.1. The molecule has 0 aliphatic rings. The quantitative estimate of drug-likeness (QED) is 0.438. The van der Waals surface area contributed by atoms with Crippen molar-refractivity contribution in [3.05, 3.63) is 45.8 Å². The summed E-state index contributed by atoms with van der Waals surface area (Å²) in [7, 11) is 0. The van der Waals surface area contributed by atoms with E-state index in [1.54, 1.807) is 19.1 Å². The maximum absolute atomic E-state index is 10.9. The van der Waals surface area contributed by atoms with Crippen molar-refractivity contribution in [2.75, 3.05) is 0 Å². The number of nitro benzene ring substituents is 1. The van der Waals surface area contributed by atoms with Crippen molar-refractivity contribution < 1.29 is 9.72 Å². The summed E-state index contributed by atoms with van der Waals surface area (Å²) in [5, 5.41) is 11.9. The Morgan fingerprint density at radius 2 is 2.19 bits per heavy atom. The Hall–Kier alpha value is -2.30. The highest BCUT2D eigenvalue weighted by Gasteiger charge is 2.15. The van der Waals surface area contributed by atoms with Gasteiger partial charge >= 0.3 is 0 Å². The lowest BCUT2D eigenvalue weighted by Crippen LogP contribution is -1.96. The predicted octanol–water partition coefficient (Wildman–Crippen LogP) is 2.26. The zero-order chi connectivity index (χ0) is 11.7. The van der Waals surface area contributed by atoms with Gasteiger partial charge in [0.2, 0.25) is 0 Å². The Morgan fingerprint density at radius 1 is 1.44 bits per heavy atom. The summed E-state index contributed by atoms with van der Waals surface area (Å²) in [6, 6.07) is 4.63. The van der Waals surface area contributed by atoms with Gasteiger partial charge in [0, 0.05) is 17.6 Å². The highest BCUT2D eigenvalue weighted by molar-refractivity contribution is 6.01. The molecule has 0 fully saturated rings. The molecule has 0 saturated carbocycles. The van der Waals surface area contributed by atoms with Crippen LogP contribution >= 0.6 is 0 Å². The van der Waals surface area contributed by atoms with E-state index in [9.17, 15) is 14.9 Å². The summed E-state index contributed by atoms with van der Waals surface area (Å²) >= 11 is 0. The first-order valence-electron chi connectivity index (χ1n) is 4.63. The fraction of sp³-hybridized carbons (Fsp3) is 0.0909. The van der Waals surface area contributed by atoms with Gasteiger partial charge in [-0.25, -0.2) is 0 Å². The van der Waals surface area contributed by atoms with Crippen molar-refractivity contribution in [2.45, 2.75) is 6.92 Å². The normalized spacial score (nSPS) is 10.3. The minimum absolute atomic E-state index is 0.000463. The van der Waals surface area contributed by atoms with Crippen LogP contribution in [0.15, 0.2) is 24.4 Å². The zero-order valence-electron chi connectivity index (χ0n) is 8.51. The highest BCUT2D eigenvalue weighted by Crippen LogP contribution is 2.28. The molecule has 16 heavy (non-hydrogen) atoms. The Balaban J connectivity index is 2.97. The molecular formula is C11H8N2O3. The molecule has 0 saturated heterocycles. The fourth-order valence-electron chi connectivity index (χ4n) is 1.71. The van der Waals surface area contributed by atoms with Gasteiger partial charge in [0.15, 0.2) is 6.29 Å². The molecule has 2 rings (SSSR count). The number of hydrogen-bond donors (Lipinski definition) is 0. The SMILES string of the molecule is Cc1cnc(C=O)c2cccc([N+](=O)[O-])c12. The minimum Gasteiger partial charge on any atom is -0.296 e. The van der Waals surface area contributed by atoms with E-state index in [-0.39, 0.29) is 11.4 Å². The number of aldehydes is 1. The number of non-ortho nitro benzene ring substituents is 1. The lowest BCUT2D eigenvalue weighted by Gasteiger charge is -2.04. The van der Waals surface area contributed by atoms with Crippen molar-refractivity contribution in [2.24, 2.45) is 0 Å². The van der Waals surface area contributed by atoms with E-state index in [0.717, 1.165) is 0 Å². The molecule has 0 bridgehead atoms. The summed E-state index contributed by atoms with van der Waals surface area (Å²) in [5.41, 5.74) is 0.915. The number of fused-ring (bicyclic) bond motifs is 1.